The van der Waals surface area contributed by atoms with E-state index in [0.29, 0.717) is 6.61 Å². The van der Waals surface area contributed by atoms with Gasteiger partial charge < -0.3 is 9.64 Å². The lowest BCUT2D eigenvalue weighted by molar-refractivity contribution is 0.0255. The van der Waals surface area contributed by atoms with Crippen molar-refractivity contribution in [3.05, 3.63) is 65.5 Å². The number of ether oxygens (including phenoxy) is 1. The fraction of sp³-hybridized carbons (Fsp3) is 0.400. The molecular formula is C20H22N2O2S. The van der Waals surface area contributed by atoms with Crippen LogP contribution in [0.1, 0.15) is 27.9 Å². The maximum atomic E-state index is 12.6. The lowest BCUT2D eigenvalue weighted by Gasteiger charge is -2.47. The number of carbonyl (C=O) groups is 1. The number of likely N-dealkylation sites (tertiary alicyclic amines) is 1. The Labute approximate surface area is 152 Å². The van der Waals surface area contributed by atoms with Gasteiger partial charge in [-0.2, -0.15) is 0 Å². The number of hydrogen-bond acceptors (Lipinski definition) is 4. The van der Waals surface area contributed by atoms with Crippen molar-refractivity contribution < 1.29 is 9.53 Å². The second-order valence-corrected chi connectivity index (χ2v) is 8.51. The van der Waals surface area contributed by atoms with Crippen LogP contribution in [0.3, 0.4) is 0 Å². The number of aromatic nitrogens is 1. The fourth-order valence-corrected chi connectivity index (χ4v) is 5.13. The van der Waals surface area contributed by atoms with Crippen LogP contribution in [-0.4, -0.2) is 45.5 Å². The van der Waals surface area contributed by atoms with Gasteiger partial charge in [-0.15, -0.1) is 11.8 Å². The molecule has 4 nitrogen and oxygen atoms in total. The number of carbonyl (C=O) groups excluding carboxylic acids is 1. The number of amides is 1. The molecule has 2 fully saturated rings. The SMILES string of the molecule is Cc1cccc(C(=O)N2CC3(C[C@H](OCc4ccncc4)CS3)C2)c1. The Balaban J connectivity index is 1.29. The van der Waals surface area contributed by atoms with Gasteiger partial charge in [0.15, 0.2) is 0 Å². The molecule has 25 heavy (non-hydrogen) atoms. The molecular weight excluding hydrogens is 332 g/mol. The van der Waals surface area contributed by atoms with E-state index in [2.05, 4.69) is 4.98 Å². The van der Waals surface area contributed by atoms with Gasteiger partial charge in [-0.05, 0) is 43.2 Å². The van der Waals surface area contributed by atoms with Gasteiger partial charge in [0.1, 0.15) is 0 Å². The first kappa shape index (κ1) is 16.6. The van der Waals surface area contributed by atoms with Gasteiger partial charge in [0, 0.05) is 36.8 Å². The molecule has 1 spiro atoms. The fourth-order valence-electron chi connectivity index (χ4n) is 3.58. The van der Waals surface area contributed by atoms with Crippen molar-refractivity contribution in [2.75, 3.05) is 18.8 Å². The topological polar surface area (TPSA) is 42.4 Å². The summed E-state index contributed by atoms with van der Waals surface area (Å²) in [6.07, 6.45) is 4.89. The third-order valence-corrected chi connectivity index (χ3v) is 6.50. The second-order valence-electron chi connectivity index (χ2n) is 7.02. The van der Waals surface area contributed by atoms with Crippen LogP contribution in [0.5, 0.6) is 0 Å². The van der Waals surface area contributed by atoms with Gasteiger partial charge >= 0.3 is 0 Å². The summed E-state index contributed by atoms with van der Waals surface area (Å²) < 4.78 is 6.26. The molecule has 0 N–H and O–H groups in total. The minimum absolute atomic E-state index is 0.149. The van der Waals surface area contributed by atoms with Crippen LogP contribution in [0.2, 0.25) is 0 Å². The molecule has 2 aromatic rings. The zero-order valence-corrected chi connectivity index (χ0v) is 15.2. The maximum Gasteiger partial charge on any atom is 0.253 e. The number of nitrogens with zero attached hydrogens (tertiary/aromatic N) is 2. The van der Waals surface area contributed by atoms with E-state index in [-0.39, 0.29) is 16.8 Å². The number of benzene rings is 1. The summed E-state index contributed by atoms with van der Waals surface area (Å²) in [6.45, 7) is 4.32. The molecule has 1 atom stereocenters. The average Bonchev–Trinajstić information content (AvgIpc) is 3.04. The molecule has 0 unspecified atom stereocenters. The summed E-state index contributed by atoms with van der Waals surface area (Å²) in [6, 6.07) is 11.8. The van der Waals surface area contributed by atoms with Gasteiger partial charge in [0.05, 0.1) is 17.5 Å². The van der Waals surface area contributed by atoms with Crippen molar-refractivity contribution in [3.63, 3.8) is 0 Å². The normalized spacial score (nSPS) is 21.3. The minimum Gasteiger partial charge on any atom is -0.373 e. The molecule has 3 heterocycles. The van der Waals surface area contributed by atoms with Crippen molar-refractivity contribution in [2.45, 2.75) is 30.8 Å². The van der Waals surface area contributed by atoms with E-state index in [1.807, 2.05) is 60.0 Å². The number of aryl methyl sites for hydroxylation is 1. The summed E-state index contributed by atoms with van der Waals surface area (Å²) in [4.78, 5) is 18.6. The summed E-state index contributed by atoms with van der Waals surface area (Å²) in [5.74, 6) is 1.16. The Hall–Kier alpha value is -1.85. The molecule has 4 rings (SSSR count). The summed E-state index contributed by atoms with van der Waals surface area (Å²) in [5, 5.41) is 0. The Kier molecular flexibility index (Phi) is 4.52. The van der Waals surface area contributed by atoms with Gasteiger partial charge in [-0.1, -0.05) is 17.7 Å². The molecule has 2 saturated heterocycles. The molecule has 2 aliphatic rings. The highest BCUT2D eigenvalue weighted by molar-refractivity contribution is 8.01. The number of hydrogen-bond donors (Lipinski definition) is 0. The van der Waals surface area contributed by atoms with E-state index in [9.17, 15) is 4.79 Å². The molecule has 0 radical (unpaired) electrons. The van der Waals surface area contributed by atoms with E-state index < -0.39 is 0 Å². The van der Waals surface area contributed by atoms with Crippen LogP contribution >= 0.6 is 11.8 Å². The quantitative estimate of drug-likeness (QED) is 0.845. The predicted molar refractivity (Wildman–Crippen MR) is 99.7 cm³/mol. The third-order valence-electron chi connectivity index (χ3n) is 4.92. The molecule has 2 aliphatic heterocycles. The van der Waals surface area contributed by atoms with Gasteiger partial charge in [0.25, 0.3) is 5.91 Å². The van der Waals surface area contributed by atoms with Crippen molar-refractivity contribution in [1.29, 1.82) is 0 Å². The Morgan fingerprint density at radius 1 is 1.32 bits per heavy atom. The maximum absolute atomic E-state index is 12.6. The summed E-state index contributed by atoms with van der Waals surface area (Å²) in [7, 11) is 0. The van der Waals surface area contributed by atoms with Crippen LogP contribution in [0.25, 0.3) is 0 Å². The largest absolute Gasteiger partial charge is 0.373 e. The molecule has 1 aromatic carbocycles. The van der Waals surface area contributed by atoms with Crippen LogP contribution in [-0.2, 0) is 11.3 Å². The summed E-state index contributed by atoms with van der Waals surface area (Å²) in [5.41, 5.74) is 3.08. The number of pyridine rings is 1. The van der Waals surface area contributed by atoms with E-state index in [1.165, 1.54) is 0 Å². The zero-order valence-electron chi connectivity index (χ0n) is 14.4. The molecule has 130 valence electrons. The zero-order chi connectivity index (χ0) is 17.3. The van der Waals surface area contributed by atoms with Crippen molar-refractivity contribution >= 4 is 17.7 Å². The number of thioether (sulfide) groups is 1. The van der Waals surface area contributed by atoms with E-state index in [0.717, 1.165) is 42.0 Å². The van der Waals surface area contributed by atoms with Crippen LogP contribution in [0.4, 0.5) is 0 Å². The van der Waals surface area contributed by atoms with Crippen LogP contribution < -0.4 is 0 Å². The van der Waals surface area contributed by atoms with E-state index in [4.69, 9.17) is 4.74 Å². The standard InChI is InChI=1S/C20H22N2O2S/c1-15-3-2-4-17(9-15)19(23)22-13-20(14-22)10-18(12-25-20)24-11-16-5-7-21-8-6-16/h2-9,18H,10-14H2,1H3/t18-/m0/s1. The highest BCUT2D eigenvalue weighted by Gasteiger charge is 2.50. The minimum atomic E-state index is 0.149. The summed E-state index contributed by atoms with van der Waals surface area (Å²) >= 11 is 1.96. The monoisotopic (exact) mass is 354 g/mol. The van der Waals surface area contributed by atoms with Crippen LogP contribution in [0.15, 0.2) is 48.8 Å². The molecule has 1 aromatic heterocycles. The van der Waals surface area contributed by atoms with Crippen molar-refractivity contribution in [3.8, 4) is 0 Å². The Morgan fingerprint density at radius 3 is 2.88 bits per heavy atom. The Morgan fingerprint density at radius 2 is 2.12 bits per heavy atom. The molecule has 0 saturated carbocycles. The molecule has 5 heteroatoms. The number of rotatable bonds is 4. The van der Waals surface area contributed by atoms with E-state index in [1.54, 1.807) is 12.4 Å². The predicted octanol–water partition coefficient (Wildman–Crippen LogP) is 3.31. The second kappa shape index (κ2) is 6.81. The first-order valence-corrected chi connectivity index (χ1v) is 9.63. The van der Waals surface area contributed by atoms with Gasteiger partial charge in [0.2, 0.25) is 0 Å². The Bertz CT molecular complexity index is 759. The average molecular weight is 354 g/mol. The lowest BCUT2D eigenvalue weighted by atomic mass is 9.92. The third kappa shape index (κ3) is 3.58. The van der Waals surface area contributed by atoms with Gasteiger partial charge in [-0.25, -0.2) is 0 Å². The molecule has 0 bridgehead atoms. The van der Waals surface area contributed by atoms with E-state index >= 15 is 0 Å². The highest BCUT2D eigenvalue weighted by Crippen LogP contribution is 2.46. The first-order chi connectivity index (χ1) is 12.1. The van der Waals surface area contributed by atoms with Gasteiger partial charge in [-0.3, -0.25) is 9.78 Å². The lowest BCUT2D eigenvalue weighted by Crippen LogP contribution is -2.60. The first-order valence-electron chi connectivity index (χ1n) is 8.64. The van der Waals surface area contributed by atoms with Crippen LogP contribution in [0, 0.1) is 6.92 Å². The highest BCUT2D eigenvalue weighted by atomic mass is 32.2. The molecule has 0 aliphatic carbocycles. The molecule has 1 amide bonds. The van der Waals surface area contributed by atoms with Crippen molar-refractivity contribution in [1.82, 2.24) is 9.88 Å². The van der Waals surface area contributed by atoms with Crippen molar-refractivity contribution in [2.24, 2.45) is 0 Å². The smallest absolute Gasteiger partial charge is 0.253 e.